The van der Waals surface area contributed by atoms with Gasteiger partial charge in [0.1, 0.15) is 6.04 Å². The van der Waals surface area contributed by atoms with E-state index in [0.29, 0.717) is 13.0 Å². The molecule has 0 bridgehead atoms. The summed E-state index contributed by atoms with van der Waals surface area (Å²) in [5, 5.41) is 3.00. The van der Waals surface area contributed by atoms with E-state index in [-0.39, 0.29) is 17.9 Å². The Balaban J connectivity index is 2.06. The van der Waals surface area contributed by atoms with Crippen LogP contribution in [-0.4, -0.2) is 25.7 Å². The van der Waals surface area contributed by atoms with E-state index in [9.17, 15) is 18.0 Å². The van der Waals surface area contributed by atoms with Gasteiger partial charge in [0.05, 0.1) is 12.7 Å². The van der Waals surface area contributed by atoms with Gasteiger partial charge < -0.3 is 10.1 Å². The fourth-order valence-electron chi connectivity index (χ4n) is 2.26. The van der Waals surface area contributed by atoms with Crippen molar-refractivity contribution in [3.63, 3.8) is 0 Å². The maximum Gasteiger partial charge on any atom is 0.416 e. The highest BCUT2D eigenvalue weighted by Crippen LogP contribution is 2.32. The number of hydrogen-bond acceptors (Lipinski definition) is 3. The van der Waals surface area contributed by atoms with Gasteiger partial charge in [-0.2, -0.15) is 13.2 Å². The van der Waals surface area contributed by atoms with Gasteiger partial charge in [0.15, 0.2) is 0 Å². The zero-order chi connectivity index (χ0) is 14.0. The summed E-state index contributed by atoms with van der Waals surface area (Å²) in [6.45, 7) is 0.561. The van der Waals surface area contributed by atoms with E-state index in [2.05, 4.69) is 10.1 Å². The number of methoxy groups -OCH3 is 1. The molecule has 1 aromatic rings. The van der Waals surface area contributed by atoms with Crippen molar-refractivity contribution in [1.29, 1.82) is 0 Å². The zero-order valence-corrected chi connectivity index (χ0v) is 10.3. The lowest BCUT2D eigenvalue weighted by molar-refractivity contribution is -0.142. The third kappa shape index (κ3) is 3.07. The van der Waals surface area contributed by atoms with Gasteiger partial charge in [0, 0.05) is 6.54 Å². The zero-order valence-electron chi connectivity index (χ0n) is 10.3. The summed E-state index contributed by atoms with van der Waals surface area (Å²) >= 11 is 0. The predicted octanol–water partition coefficient (Wildman–Crippen LogP) is 2.32. The average molecular weight is 273 g/mol. The smallest absolute Gasteiger partial charge is 0.416 e. The van der Waals surface area contributed by atoms with Gasteiger partial charge in [0.25, 0.3) is 0 Å². The first-order valence-corrected chi connectivity index (χ1v) is 5.90. The Hall–Kier alpha value is -1.56. The van der Waals surface area contributed by atoms with Gasteiger partial charge in [-0.25, -0.2) is 0 Å². The highest BCUT2D eigenvalue weighted by molar-refractivity contribution is 5.76. The second kappa shape index (κ2) is 5.21. The summed E-state index contributed by atoms with van der Waals surface area (Å²) in [6.07, 6.45) is -3.78. The molecule has 2 atom stereocenters. The molecule has 1 fully saturated rings. The standard InChI is InChI=1S/C13H14F3NO2/c1-19-12(18)11-6-9(7-17-11)8-2-4-10(5-3-8)13(14,15)16/h2-5,9,11,17H,6-7H2,1H3/t9?,11-/m0/s1. The predicted molar refractivity (Wildman–Crippen MR) is 62.6 cm³/mol. The number of hydrogen-bond donors (Lipinski definition) is 1. The van der Waals surface area contributed by atoms with Gasteiger partial charge in [-0.1, -0.05) is 12.1 Å². The van der Waals surface area contributed by atoms with Gasteiger partial charge in [-0.3, -0.25) is 4.79 Å². The molecule has 6 heteroatoms. The third-order valence-electron chi connectivity index (χ3n) is 3.33. The molecule has 0 aromatic heterocycles. The van der Waals surface area contributed by atoms with E-state index in [0.717, 1.165) is 17.7 Å². The van der Waals surface area contributed by atoms with E-state index >= 15 is 0 Å². The number of benzene rings is 1. The first-order chi connectivity index (χ1) is 8.91. The molecule has 3 nitrogen and oxygen atoms in total. The van der Waals surface area contributed by atoms with E-state index in [1.807, 2.05) is 0 Å². The molecule has 0 saturated carbocycles. The number of rotatable bonds is 2. The molecule has 1 heterocycles. The van der Waals surface area contributed by atoms with Crippen molar-refractivity contribution in [2.24, 2.45) is 0 Å². The lowest BCUT2D eigenvalue weighted by Gasteiger charge is -2.11. The largest absolute Gasteiger partial charge is 0.468 e. The summed E-state index contributed by atoms with van der Waals surface area (Å²) < 4.78 is 41.9. The van der Waals surface area contributed by atoms with E-state index in [1.165, 1.54) is 19.2 Å². The summed E-state index contributed by atoms with van der Waals surface area (Å²) in [7, 11) is 1.31. The molecular weight excluding hydrogens is 259 g/mol. The molecular formula is C13H14F3NO2. The summed E-state index contributed by atoms with van der Waals surface area (Å²) in [5.41, 5.74) is 0.138. The maximum absolute atomic E-state index is 12.4. The van der Waals surface area contributed by atoms with Crippen molar-refractivity contribution in [3.05, 3.63) is 35.4 Å². The Morgan fingerprint density at radius 2 is 1.95 bits per heavy atom. The van der Waals surface area contributed by atoms with Gasteiger partial charge >= 0.3 is 12.1 Å². The van der Waals surface area contributed by atoms with Crippen molar-refractivity contribution in [2.75, 3.05) is 13.7 Å². The highest BCUT2D eigenvalue weighted by atomic mass is 19.4. The summed E-state index contributed by atoms with van der Waals surface area (Å²) in [6, 6.07) is 4.70. The van der Waals surface area contributed by atoms with Crippen molar-refractivity contribution >= 4 is 5.97 Å². The molecule has 0 spiro atoms. The molecule has 19 heavy (non-hydrogen) atoms. The monoisotopic (exact) mass is 273 g/mol. The molecule has 1 aromatic carbocycles. The Kier molecular flexibility index (Phi) is 3.80. The minimum Gasteiger partial charge on any atom is -0.468 e. The average Bonchev–Trinajstić information content (AvgIpc) is 2.86. The maximum atomic E-state index is 12.4. The first kappa shape index (κ1) is 13.9. The fourth-order valence-corrected chi connectivity index (χ4v) is 2.26. The number of esters is 1. The first-order valence-electron chi connectivity index (χ1n) is 5.90. The van der Waals surface area contributed by atoms with Gasteiger partial charge in [-0.05, 0) is 30.0 Å². The number of carbonyl (C=O) groups is 1. The minimum absolute atomic E-state index is 0.0337. The van der Waals surface area contributed by atoms with Crippen LogP contribution in [0, 0.1) is 0 Å². The Labute approximate surface area is 108 Å². The second-order valence-electron chi connectivity index (χ2n) is 4.54. The molecule has 1 aliphatic rings. The van der Waals surface area contributed by atoms with E-state index in [4.69, 9.17) is 0 Å². The van der Waals surface area contributed by atoms with Crippen LogP contribution < -0.4 is 5.32 Å². The van der Waals surface area contributed by atoms with E-state index < -0.39 is 11.7 Å². The van der Waals surface area contributed by atoms with Crippen molar-refractivity contribution in [3.8, 4) is 0 Å². The molecule has 1 saturated heterocycles. The van der Waals surface area contributed by atoms with Crippen LogP contribution in [0.15, 0.2) is 24.3 Å². The molecule has 0 radical (unpaired) electrons. The number of halogens is 3. The topological polar surface area (TPSA) is 38.3 Å². The fraction of sp³-hybridized carbons (Fsp3) is 0.462. The Morgan fingerprint density at radius 3 is 2.47 bits per heavy atom. The van der Waals surface area contributed by atoms with Crippen LogP contribution in [0.2, 0.25) is 0 Å². The van der Waals surface area contributed by atoms with Crippen molar-refractivity contribution in [1.82, 2.24) is 5.32 Å². The van der Waals surface area contributed by atoms with Crippen LogP contribution in [0.3, 0.4) is 0 Å². The Bertz CT molecular complexity index is 456. The number of alkyl halides is 3. The molecule has 2 rings (SSSR count). The highest BCUT2D eigenvalue weighted by Gasteiger charge is 2.33. The quantitative estimate of drug-likeness (QED) is 0.840. The van der Waals surface area contributed by atoms with Crippen LogP contribution in [-0.2, 0) is 15.7 Å². The number of carbonyl (C=O) groups excluding carboxylic acids is 1. The van der Waals surface area contributed by atoms with E-state index in [1.54, 1.807) is 0 Å². The van der Waals surface area contributed by atoms with Crippen molar-refractivity contribution in [2.45, 2.75) is 24.6 Å². The van der Waals surface area contributed by atoms with Gasteiger partial charge in [-0.15, -0.1) is 0 Å². The van der Waals surface area contributed by atoms with Crippen LogP contribution in [0.5, 0.6) is 0 Å². The minimum atomic E-state index is -4.32. The molecule has 1 N–H and O–H groups in total. The third-order valence-corrected chi connectivity index (χ3v) is 3.33. The molecule has 0 amide bonds. The molecule has 104 valence electrons. The summed E-state index contributed by atoms with van der Waals surface area (Å²) in [4.78, 5) is 11.3. The van der Waals surface area contributed by atoms with Crippen LogP contribution >= 0.6 is 0 Å². The normalized spacial score (nSPS) is 23.4. The lowest BCUT2D eigenvalue weighted by Crippen LogP contribution is -2.31. The molecule has 1 unspecified atom stereocenters. The van der Waals surface area contributed by atoms with Crippen LogP contribution in [0.1, 0.15) is 23.5 Å². The summed E-state index contributed by atoms with van der Waals surface area (Å²) in [5.74, 6) is -0.305. The van der Waals surface area contributed by atoms with Gasteiger partial charge in [0.2, 0.25) is 0 Å². The SMILES string of the molecule is COC(=O)[C@@H]1CC(c2ccc(C(F)(F)F)cc2)CN1. The van der Waals surface area contributed by atoms with Crippen molar-refractivity contribution < 1.29 is 22.7 Å². The number of nitrogens with one attached hydrogen (secondary N) is 1. The molecule has 1 aliphatic heterocycles. The van der Waals surface area contributed by atoms with Crippen LogP contribution in [0.4, 0.5) is 13.2 Å². The van der Waals surface area contributed by atoms with Crippen LogP contribution in [0.25, 0.3) is 0 Å². The Morgan fingerprint density at radius 1 is 1.32 bits per heavy atom. The molecule has 0 aliphatic carbocycles. The number of ether oxygens (including phenoxy) is 1. The second-order valence-corrected chi connectivity index (χ2v) is 4.54. The lowest BCUT2D eigenvalue weighted by atomic mass is 9.95.